The van der Waals surface area contributed by atoms with Crippen LogP contribution in [0.4, 0.5) is 0 Å². The van der Waals surface area contributed by atoms with Gasteiger partial charge in [0.05, 0.1) is 25.4 Å². The molecule has 0 N–H and O–H groups in total. The van der Waals surface area contributed by atoms with E-state index in [1.165, 1.54) is 0 Å². The van der Waals surface area contributed by atoms with Crippen LogP contribution >= 0.6 is 0 Å². The smallest absolute Gasteiger partial charge is 0.226 e. The van der Waals surface area contributed by atoms with Gasteiger partial charge in [0.15, 0.2) is 0 Å². The summed E-state index contributed by atoms with van der Waals surface area (Å²) in [6.45, 7) is 1.88. The molecule has 1 saturated carbocycles. The molecule has 1 amide bonds. The minimum atomic E-state index is 0.00787. The van der Waals surface area contributed by atoms with Crippen LogP contribution in [0.3, 0.4) is 0 Å². The van der Waals surface area contributed by atoms with Gasteiger partial charge in [0, 0.05) is 24.9 Å². The largest absolute Gasteiger partial charge is 0.372 e. The van der Waals surface area contributed by atoms with Crippen molar-refractivity contribution in [1.82, 2.24) is 9.88 Å². The standard InChI is InChI=1S/C20H26N2O3/c23-20(16-6-2-1-3-7-16)22-11-12-24-19-17(22)8-9-18(19)25-14-15-5-4-10-21-13-15/h1-2,4-5,10,13,16-19H,3,6-9,11-12,14H2/t16-,17+,18+,19-/m1/s1. The maximum atomic E-state index is 13.0. The number of morpholine rings is 1. The van der Waals surface area contributed by atoms with Crippen molar-refractivity contribution in [2.45, 2.75) is 57.0 Å². The molecule has 0 unspecified atom stereocenters. The number of amides is 1. The summed E-state index contributed by atoms with van der Waals surface area (Å²) in [6.07, 6.45) is 12.8. The van der Waals surface area contributed by atoms with E-state index >= 15 is 0 Å². The Bertz CT molecular complexity index is 619. The third-order valence-electron chi connectivity index (χ3n) is 5.62. The number of rotatable bonds is 4. The van der Waals surface area contributed by atoms with Gasteiger partial charge >= 0.3 is 0 Å². The lowest BCUT2D eigenvalue weighted by atomic mass is 9.92. The highest BCUT2D eigenvalue weighted by atomic mass is 16.5. The highest BCUT2D eigenvalue weighted by Gasteiger charge is 2.45. The topological polar surface area (TPSA) is 51.7 Å². The van der Waals surface area contributed by atoms with Crippen LogP contribution in [-0.4, -0.2) is 47.2 Å². The van der Waals surface area contributed by atoms with Crippen LogP contribution in [0.2, 0.25) is 0 Å². The SMILES string of the molecule is O=C([C@@H]1CC=CCC1)N1CCO[C@H]2[C@@H](OCc3cccnc3)CC[C@@H]21. The lowest BCUT2D eigenvalue weighted by molar-refractivity contribution is -0.156. The number of nitrogens with zero attached hydrogens (tertiary/aromatic N) is 2. The fourth-order valence-corrected chi connectivity index (χ4v) is 4.31. The molecule has 0 spiro atoms. The molecule has 1 aliphatic heterocycles. The maximum absolute atomic E-state index is 13.0. The molecule has 0 aromatic carbocycles. The zero-order valence-electron chi connectivity index (χ0n) is 14.5. The number of carbonyl (C=O) groups is 1. The van der Waals surface area contributed by atoms with Gasteiger partial charge in [0.25, 0.3) is 0 Å². The van der Waals surface area contributed by atoms with Crippen LogP contribution in [0.1, 0.15) is 37.7 Å². The van der Waals surface area contributed by atoms with E-state index in [0.717, 1.165) is 44.2 Å². The van der Waals surface area contributed by atoms with Crippen molar-refractivity contribution in [1.29, 1.82) is 0 Å². The van der Waals surface area contributed by atoms with Crippen LogP contribution in [-0.2, 0) is 20.9 Å². The van der Waals surface area contributed by atoms with Crippen molar-refractivity contribution >= 4 is 5.91 Å². The van der Waals surface area contributed by atoms with Crippen molar-refractivity contribution in [3.05, 3.63) is 42.2 Å². The van der Waals surface area contributed by atoms with Crippen LogP contribution < -0.4 is 0 Å². The first kappa shape index (κ1) is 16.7. The number of aromatic nitrogens is 1. The molecule has 0 bridgehead atoms. The Morgan fingerprint density at radius 1 is 1.32 bits per heavy atom. The molecule has 4 rings (SSSR count). The second-order valence-electron chi connectivity index (χ2n) is 7.20. The van der Waals surface area contributed by atoms with Gasteiger partial charge < -0.3 is 14.4 Å². The van der Waals surface area contributed by atoms with Gasteiger partial charge in [-0.2, -0.15) is 0 Å². The Kier molecular flexibility index (Phi) is 5.13. The lowest BCUT2D eigenvalue weighted by Crippen LogP contribution is -2.55. The fraction of sp³-hybridized carbons (Fsp3) is 0.600. The molecule has 4 atom stereocenters. The summed E-state index contributed by atoms with van der Waals surface area (Å²) in [5, 5.41) is 0. The molecule has 0 radical (unpaired) electrons. The molecular formula is C20H26N2O3. The van der Waals surface area contributed by atoms with Crippen molar-refractivity contribution in [2.75, 3.05) is 13.2 Å². The third-order valence-corrected chi connectivity index (χ3v) is 5.62. The predicted octanol–water partition coefficient (Wildman–Crippen LogP) is 2.71. The van der Waals surface area contributed by atoms with E-state index in [0.29, 0.717) is 19.1 Å². The van der Waals surface area contributed by atoms with Crippen molar-refractivity contribution in [3.63, 3.8) is 0 Å². The Morgan fingerprint density at radius 3 is 3.08 bits per heavy atom. The molecule has 2 heterocycles. The number of allylic oxidation sites excluding steroid dienone is 2. The number of pyridine rings is 1. The second-order valence-corrected chi connectivity index (χ2v) is 7.20. The average Bonchev–Trinajstić information content (AvgIpc) is 3.10. The van der Waals surface area contributed by atoms with E-state index in [1.807, 2.05) is 18.3 Å². The van der Waals surface area contributed by atoms with E-state index in [-0.39, 0.29) is 24.2 Å². The average molecular weight is 342 g/mol. The van der Waals surface area contributed by atoms with Gasteiger partial charge in [-0.1, -0.05) is 18.2 Å². The second kappa shape index (κ2) is 7.67. The number of fused-ring (bicyclic) bond motifs is 1. The minimum absolute atomic E-state index is 0.00787. The number of hydrogen-bond donors (Lipinski definition) is 0. The first-order valence-electron chi connectivity index (χ1n) is 9.40. The van der Waals surface area contributed by atoms with E-state index < -0.39 is 0 Å². The molecule has 5 heteroatoms. The summed E-state index contributed by atoms with van der Waals surface area (Å²) < 4.78 is 12.1. The van der Waals surface area contributed by atoms with Gasteiger partial charge in [0.1, 0.15) is 6.10 Å². The normalized spacial score (nSPS) is 31.8. The fourth-order valence-electron chi connectivity index (χ4n) is 4.31. The van der Waals surface area contributed by atoms with Gasteiger partial charge in [-0.15, -0.1) is 0 Å². The first-order chi connectivity index (χ1) is 12.3. The monoisotopic (exact) mass is 342 g/mol. The summed E-state index contributed by atoms with van der Waals surface area (Å²) in [5.74, 6) is 0.467. The molecular weight excluding hydrogens is 316 g/mol. The molecule has 134 valence electrons. The molecule has 3 aliphatic rings. The third kappa shape index (κ3) is 3.62. The Labute approximate surface area is 149 Å². The van der Waals surface area contributed by atoms with E-state index in [2.05, 4.69) is 22.0 Å². The molecule has 2 fully saturated rings. The zero-order valence-corrected chi connectivity index (χ0v) is 14.5. The van der Waals surface area contributed by atoms with Crippen LogP contribution in [0.5, 0.6) is 0 Å². The first-order valence-corrected chi connectivity index (χ1v) is 9.40. The quantitative estimate of drug-likeness (QED) is 0.790. The van der Waals surface area contributed by atoms with Crippen molar-refractivity contribution in [2.24, 2.45) is 5.92 Å². The highest BCUT2D eigenvalue weighted by Crippen LogP contribution is 2.34. The van der Waals surface area contributed by atoms with E-state index in [4.69, 9.17) is 9.47 Å². The summed E-state index contributed by atoms with van der Waals surface area (Å²) in [7, 11) is 0. The molecule has 2 aliphatic carbocycles. The predicted molar refractivity (Wildman–Crippen MR) is 93.8 cm³/mol. The van der Waals surface area contributed by atoms with Gasteiger partial charge in [-0.05, 0) is 43.7 Å². The van der Waals surface area contributed by atoms with Crippen molar-refractivity contribution < 1.29 is 14.3 Å². The summed E-state index contributed by atoms with van der Waals surface area (Å²) in [6, 6.07) is 4.12. The molecule has 1 saturated heterocycles. The lowest BCUT2D eigenvalue weighted by Gasteiger charge is -2.40. The number of carbonyl (C=O) groups excluding carboxylic acids is 1. The molecule has 1 aromatic heterocycles. The number of hydrogen-bond acceptors (Lipinski definition) is 4. The molecule has 25 heavy (non-hydrogen) atoms. The molecule has 5 nitrogen and oxygen atoms in total. The van der Waals surface area contributed by atoms with Crippen molar-refractivity contribution in [3.8, 4) is 0 Å². The zero-order chi connectivity index (χ0) is 17.1. The van der Waals surface area contributed by atoms with Gasteiger partial charge in [-0.3, -0.25) is 9.78 Å². The van der Waals surface area contributed by atoms with Crippen LogP contribution in [0.25, 0.3) is 0 Å². The number of ether oxygens (including phenoxy) is 2. The van der Waals surface area contributed by atoms with E-state index in [9.17, 15) is 4.79 Å². The Hall–Kier alpha value is -1.72. The van der Waals surface area contributed by atoms with Gasteiger partial charge in [0.2, 0.25) is 5.91 Å². The minimum Gasteiger partial charge on any atom is -0.372 e. The summed E-state index contributed by atoms with van der Waals surface area (Å²) >= 11 is 0. The van der Waals surface area contributed by atoms with E-state index in [1.54, 1.807) is 6.20 Å². The summed E-state index contributed by atoms with van der Waals surface area (Å²) in [5.41, 5.74) is 1.07. The Balaban J connectivity index is 1.38. The Morgan fingerprint density at radius 2 is 2.28 bits per heavy atom. The highest BCUT2D eigenvalue weighted by molar-refractivity contribution is 5.79. The van der Waals surface area contributed by atoms with Crippen LogP contribution in [0, 0.1) is 5.92 Å². The molecule has 1 aromatic rings. The maximum Gasteiger partial charge on any atom is 0.226 e. The van der Waals surface area contributed by atoms with Crippen LogP contribution in [0.15, 0.2) is 36.7 Å². The van der Waals surface area contributed by atoms with Gasteiger partial charge in [-0.25, -0.2) is 0 Å². The summed E-state index contributed by atoms with van der Waals surface area (Å²) in [4.78, 5) is 19.2.